The highest BCUT2D eigenvalue weighted by atomic mass is 28.4. The van der Waals surface area contributed by atoms with Gasteiger partial charge < -0.3 is 64.2 Å². The zero-order chi connectivity index (χ0) is 45.0. The maximum Gasteiger partial charge on any atom is 0.192 e. The van der Waals surface area contributed by atoms with E-state index in [0.29, 0.717) is 45.4 Å². The molecule has 0 fully saturated rings. The number of hydrogen-bond donors (Lipinski definition) is 8. The van der Waals surface area contributed by atoms with Gasteiger partial charge in [-0.2, -0.15) is 0 Å². The largest absolute Gasteiger partial charge is 0.508 e. The number of hydrogen-bond acceptors (Lipinski definition) is 13. The smallest absolute Gasteiger partial charge is 0.192 e. The first-order chi connectivity index (χ1) is 28.1. The number of aliphatic hydroxyl groups is 4. The number of ether oxygens (including phenoxy) is 4. The first-order valence-corrected chi connectivity index (χ1v) is 22.7. The topological polar surface area (TPSA) is 208 Å². The van der Waals surface area contributed by atoms with E-state index in [1.54, 1.807) is 18.2 Å². The molecule has 0 bridgehead atoms. The minimum atomic E-state index is -1.59. The summed E-state index contributed by atoms with van der Waals surface area (Å²) in [4.78, 5) is 0. The van der Waals surface area contributed by atoms with Crippen molar-refractivity contribution in [3.63, 3.8) is 0 Å². The number of para-hydroxylation sites is 4. The molecule has 0 spiro atoms. The summed E-state index contributed by atoms with van der Waals surface area (Å²) in [6.07, 6.45) is 2.83. The van der Waals surface area contributed by atoms with Crippen LogP contribution in [0.3, 0.4) is 0 Å². The molecule has 4 rings (SSSR count). The Balaban J connectivity index is 0. The van der Waals surface area contributed by atoms with E-state index < -0.39 is 8.32 Å². The summed E-state index contributed by atoms with van der Waals surface area (Å²) in [5, 5.41) is 68.6. The van der Waals surface area contributed by atoms with E-state index in [1.165, 1.54) is 30.3 Å². The van der Waals surface area contributed by atoms with Gasteiger partial charge in [0.1, 0.15) is 36.2 Å². The van der Waals surface area contributed by atoms with Crippen molar-refractivity contribution in [3.8, 4) is 46.0 Å². The number of aromatic hydroxyl groups is 4. The molecule has 0 aliphatic rings. The van der Waals surface area contributed by atoms with Crippen LogP contribution in [0.15, 0.2) is 97.1 Å². The van der Waals surface area contributed by atoms with Gasteiger partial charge in [0.2, 0.25) is 0 Å². The lowest BCUT2D eigenvalue weighted by molar-refractivity contribution is 0.189. The van der Waals surface area contributed by atoms with E-state index in [-0.39, 0.29) is 47.9 Å². The molecule has 8 N–H and O–H groups in total. The molecule has 334 valence electrons. The molecule has 0 saturated heterocycles. The standard InChI is InChI=1S/2C11H16O3.C8H20O2Si.2C6H6O2.C3H8O/c1-2-7-13-10-4-3-5-11(9-10)14-8-6-12;1-2-8-13-10-5-3-4-6-11(10)14-9-7-12;1-8(2,3)11(4,5)10-7-6-9;7-5-2-1-3-6(8)4-5;7-5-3-1-2-4-6(5)8;1-2-3-4/h3-5,9,12H,2,6-8H2,1H3;3-6,12H,2,7-9H2,1H3;9H,6-7H2,1-5H3;2*1-4,7-8H;4H,2-3H2,1H3. The Hall–Kier alpha value is -4.70. The normalized spacial score (nSPS) is 10.2. The Bertz CT molecular complexity index is 1470. The second kappa shape index (κ2) is 35.3. The lowest BCUT2D eigenvalue weighted by Gasteiger charge is -2.35. The van der Waals surface area contributed by atoms with Gasteiger partial charge in [0, 0.05) is 18.7 Å². The van der Waals surface area contributed by atoms with Crippen LogP contribution in [0.25, 0.3) is 0 Å². The average Bonchev–Trinajstić information content (AvgIpc) is 3.22. The summed E-state index contributed by atoms with van der Waals surface area (Å²) in [6.45, 7) is 20.0. The predicted molar refractivity (Wildman–Crippen MR) is 237 cm³/mol. The fourth-order valence-electron chi connectivity index (χ4n) is 3.57. The van der Waals surface area contributed by atoms with E-state index in [9.17, 15) is 0 Å². The minimum Gasteiger partial charge on any atom is -0.508 e. The molecule has 0 heterocycles. The summed E-state index contributed by atoms with van der Waals surface area (Å²) >= 11 is 0. The molecular weight excluding hydrogens is 777 g/mol. The highest BCUT2D eigenvalue weighted by Crippen LogP contribution is 2.36. The van der Waals surface area contributed by atoms with E-state index in [0.717, 1.165) is 36.5 Å². The van der Waals surface area contributed by atoms with E-state index in [4.69, 9.17) is 64.2 Å². The Kier molecular flexibility index (Phi) is 33.7. The van der Waals surface area contributed by atoms with Gasteiger partial charge in [0.25, 0.3) is 0 Å². The Morgan fingerprint density at radius 2 is 0.847 bits per heavy atom. The van der Waals surface area contributed by atoms with Crippen molar-refractivity contribution < 1.29 is 64.2 Å². The summed E-state index contributed by atoms with van der Waals surface area (Å²) in [5.74, 6) is 2.99. The third-order valence-electron chi connectivity index (χ3n) is 7.59. The molecule has 0 saturated carbocycles. The Morgan fingerprint density at radius 3 is 1.22 bits per heavy atom. The first kappa shape index (κ1) is 56.4. The van der Waals surface area contributed by atoms with E-state index >= 15 is 0 Å². The fraction of sp³-hybridized carbons (Fsp3) is 0.467. The molecule has 59 heavy (non-hydrogen) atoms. The summed E-state index contributed by atoms with van der Waals surface area (Å²) in [7, 11) is -1.59. The Morgan fingerprint density at radius 1 is 0.458 bits per heavy atom. The van der Waals surface area contributed by atoms with Crippen LogP contribution in [0.4, 0.5) is 0 Å². The van der Waals surface area contributed by atoms with Crippen molar-refractivity contribution in [1.29, 1.82) is 0 Å². The van der Waals surface area contributed by atoms with E-state index in [2.05, 4.69) is 47.7 Å². The van der Waals surface area contributed by atoms with Crippen molar-refractivity contribution in [3.05, 3.63) is 97.1 Å². The summed E-state index contributed by atoms with van der Waals surface area (Å²) in [6, 6.07) is 26.9. The number of phenols is 4. The molecule has 4 aromatic carbocycles. The fourth-order valence-corrected chi connectivity index (χ4v) is 4.60. The van der Waals surface area contributed by atoms with Gasteiger partial charge in [-0.05, 0) is 85.9 Å². The van der Waals surface area contributed by atoms with Crippen molar-refractivity contribution in [2.24, 2.45) is 0 Å². The van der Waals surface area contributed by atoms with Gasteiger partial charge in [-0.25, -0.2) is 0 Å². The van der Waals surface area contributed by atoms with Crippen LogP contribution in [0, 0.1) is 0 Å². The van der Waals surface area contributed by atoms with Gasteiger partial charge in [-0.15, -0.1) is 0 Å². The van der Waals surface area contributed by atoms with Crippen LogP contribution in [0.1, 0.15) is 60.8 Å². The maximum absolute atomic E-state index is 8.67. The zero-order valence-electron chi connectivity index (χ0n) is 36.3. The van der Waals surface area contributed by atoms with Gasteiger partial charge in [-0.3, -0.25) is 0 Å². The van der Waals surface area contributed by atoms with Crippen LogP contribution in [0.5, 0.6) is 46.0 Å². The van der Waals surface area contributed by atoms with Gasteiger partial charge in [-0.1, -0.05) is 77.9 Å². The third kappa shape index (κ3) is 30.1. The monoisotopic (exact) mass is 848 g/mol. The Labute approximate surface area is 353 Å². The molecule has 4 aromatic rings. The molecule has 14 heteroatoms. The molecule has 0 aliphatic heterocycles. The van der Waals surface area contributed by atoms with Crippen molar-refractivity contribution in [2.75, 3.05) is 59.5 Å². The highest BCUT2D eigenvalue weighted by molar-refractivity contribution is 6.74. The van der Waals surface area contributed by atoms with Gasteiger partial charge in [0.05, 0.1) is 39.6 Å². The van der Waals surface area contributed by atoms with Gasteiger partial charge >= 0.3 is 0 Å². The van der Waals surface area contributed by atoms with Crippen LogP contribution in [-0.4, -0.2) is 109 Å². The highest BCUT2D eigenvalue weighted by Gasteiger charge is 2.36. The predicted octanol–water partition coefficient (Wildman–Crippen LogP) is 8.28. The average molecular weight is 849 g/mol. The second-order valence-corrected chi connectivity index (χ2v) is 18.6. The lowest BCUT2D eigenvalue weighted by Crippen LogP contribution is -2.41. The molecule has 0 unspecified atom stereocenters. The van der Waals surface area contributed by atoms with Crippen molar-refractivity contribution >= 4 is 8.32 Å². The number of aliphatic hydroxyl groups excluding tert-OH is 4. The molecule has 0 radical (unpaired) electrons. The molecule has 0 aromatic heterocycles. The van der Waals surface area contributed by atoms with Crippen molar-refractivity contribution in [2.45, 2.75) is 78.9 Å². The molecule has 13 nitrogen and oxygen atoms in total. The lowest BCUT2D eigenvalue weighted by atomic mass is 10.2. The van der Waals surface area contributed by atoms with Gasteiger partial charge in [0.15, 0.2) is 31.3 Å². The molecule has 0 atom stereocenters. The van der Waals surface area contributed by atoms with Crippen LogP contribution >= 0.6 is 0 Å². The number of rotatable bonds is 16. The van der Waals surface area contributed by atoms with Crippen molar-refractivity contribution in [1.82, 2.24) is 0 Å². The molecular formula is C45H72O13Si. The first-order valence-electron chi connectivity index (χ1n) is 19.8. The minimum absolute atomic E-state index is 0.0160. The van der Waals surface area contributed by atoms with E-state index in [1.807, 2.05) is 55.5 Å². The molecule has 0 amide bonds. The summed E-state index contributed by atoms with van der Waals surface area (Å²) < 4.78 is 27.1. The quantitative estimate of drug-likeness (QED) is 0.0395. The maximum atomic E-state index is 8.67. The SMILES string of the molecule is CC(C)(C)[Si](C)(C)OCCO.CCCO.CCCOc1cccc(OCCO)c1.CCCOc1ccccc1OCCO.Oc1cccc(O)c1.Oc1ccccc1O. The zero-order valence-corrected chi connectivity index (χ0v) is 37.3. The van der Waals surface area contributed by atoms with Crippen LogP contribution < -0.4 is 18.9 Å². The summed E-state index contributed by atoms with van der Waals surface area (Å²) in [5.41, 5.74) is 0. The third-order valence-corrected chi connectivity index (χ3v) is 12.1. The number of benzene rings is 4. The molecule has 0 aliphatic carbocycles. The second-order valence-electron chi connectivity index (χ2n) is 13.8. The van der Waals surface area contributed by atoms with Crippen LogP contribution in [0.2, 0.25) is 18.1 Å². The van der Waals surface area contributed by atoms with Crippen LogP contribution in [-0.2, 0) is 4.43 Å². The number of phenolic OH excluding ortho intramolecular Hbond substituents is 4.